The van der Waals surface area contributed by atoms with Gasteiger partial charge in [0, 0.05) is 11.1 Å². The fourth-order valence-corrected chi connectivity index (χ4v) is 2.97. The number of benzene rings is 2. The lowest BCUT2D eigenvalue weighted by Gasteiger charge is -2.24. The van der Waals surface area contributed by atoms with Gasteiger partial charge in [-0.05, 0) is 12.1 Å². The van der Waals surface area contributed by atoms with E-state index in [2.05, 4.69) is 0 Å². The summed E-state index contributed by atoms with van der Waals surface area (Å²) in [7, 11) is -1.76. The molecule has 0 aliphatic carbocycles. The fourth-order valence-electron chi connectivity index (χ4n) is 1.86. The largest absolute Gasteiger partial charge is 0.507 e. The Morgan fingerprint density at radius 3 is 2.56 bits per heavy atom. The van der Waals surface area contributed by atoms with Crippen LogP contribution in [0.25, 0.3) is 11.1 Å². The normalized spacial score (nSPS) is 17.2. The third kappa shape index (κ3) is 1.29. The Morgan fingerprint density at radius 2 is 1.69 bits per heavy atom. The summed E-state index contributed by atoms with van der Waals surface area (Å²) in [6, 6.07) is 12.7. The molecule has 3 rings (SSSR count). The van der Waals surface area contributed by atoms with Crippen LogP contribution in [0.3, 0.4) is 0 Å². The SMILES string of the molecule is Oc1cccc2c1P(O)Oc1ccccc1-2. The average molecular weight is 232 g/mol. The van der Waals surface area contributed by atoms with Gasteiger partial charge >= 0.3 is 0 Å². The van der Waals surface area contributed by atoms with Crippen LogP contribution in [-0.4, -0.2) is 10.00 Å². The van der Waals surface area contributed by atoms with Gasteiger partial charge in [-0.15, -0.1) is 0 Å². The second-order valence-corrected chi connectivity index (χ2v) is 4.71. The zero-order chi connectivity index (χ0) is 11.1. The van der Waals surface area contributed by atoms with E-state index in [9.17, 15) is 10.00 Å². The van der Waals surface area contributed by atoms with Crippen LogP contribution in [0.5, 0.6) is 11.5 Å². The molecular formula is C12H9O3P. The Kier molecular flexibility index (Phi) is 2.10. The van der Waals surface area contributed by atoms with Crippen molar-refractivity contribution in [3.8, 4) is 22.6 Å². The molecule has 2 aromatic rings. The molecular weight excluding hydrogens is 223 g/mol. The van der Waals surface area contributed by atoms with Crippen LogP contribution >= 0.6 is 8.38 Å². The Hall–Kier alpha value is -1.57. The topological polar surface area (TPSA) is 49.7 Å². The first-order valence-electron chi connectivity index (χ1n) is 4.86. The summed E-state index contributed by atoms with van der Waals surface area (Å²) in [6.07, 6.45) is 0. The summed E-state index contributed by atoms with van der Waals surface area (Å²) in [5.74, 6) is 0.745. The molecule has 0 spiro atoms. The number of hydrogen-bond acceptors (Lipinski definition) is 3. The number of hydrogen-bond donors (Lipinski definition) is 2. The van der Waals surface area contributed by atoms with Crippen LogP contribution < -0.4 is 9.83 Å². The maximum Gasteiger partial charge on any atom is 0.266 e. The molecule has 0 amide bonds. The molecule has 4 heteroatoms. The van der Waals surface area contributed by atoms with Gasteiger partial charge in [-0.3, -0.25) is 0 Å². The molecule has 80 valence electrons. The number of rotatable bonds is 0. The van der Waals surface area contributed by atoms with Crippen molar-refractivity contribution < 1.29 is 14.5 Å². The second kappa shape index (κ2) is 3.48. The quantitative estimate of drug-likeness (QED) is 0.685. The summed E-state index contributed by atoms with van der Waals surface area (Å²) < 4.78 is 5.40. The van der Waals surface area contributed by atoms with Gasteiger partial charge < -0.3 is 14.5 Å². The Bertz CT molecular complexity index is 554. The zero-order valence-electron chi connectivity index (χ0n) is 8.29. The maximum atomic E-state index is 9.87. The molecule has 0 bridgehead atoms. The summed E-state index contributed by atoms with van der Waals surface area (Å²) in [6.45, 7) is 0. The minimum absolute atomic E-state index is 0.0839. The second-order valence-electron chi connectivity index (χ2n) is 3.53. The molecule has 0 aromatic heterocycles. The van der Waals surface area contributed by atoms with Gasteiger partial charge in [-0.1, -0.05) is 30.3 Å². The molecule has 2 aromatic carbocycles. The molecule has 1 unspecified atom stereocenters. The third-order valence-corrected chi connectivity index (χ3v) is 3.79. The minimum Gasteiger partial charge on any atom is -0.507 e. The van der Waals surface area contributed by atoms with Crippen molar-refractivity contribution in [2.45, 2.75) is 0 Å². The van der Waals surface area contributed by atoms with Gasteiger partial charge in [-0.25, -0.2) is 0 Å². The zero-order valence-corrected chi connectivity index (χ0v) is 9.19. The predicted molar refractivity (Wildman–Crippen MR) is 62.9 cm³/mol. The van der Waals surface area contributed by atoms with E-state index in [4.69, 9.17) is 4.52 Å². The van der Waals surface area contributed by atoms with Crippen LogP contribution in [0.2, 0.25) is 0 Å². The first-order chi connectivity index (χ1) is 7.77. The van der Waals surface area contributed by atoms with Crippen LogP contribution in [-0.2, 0) is 0 Å². The number of fused-ring (bicyclic) bond motifs is 3. The maximum absolute atomic E-state index is 9.87. The summed E-state index contributed by atoms with van der Waals surface area (Å²) in [4.78, 5) is 9.87. The number of phenolic OH excluding ortho intramolecular Hbond substituents is 1. The van der Waals surface area contributed by atoms with Crippen molar-refractivity contribution in [3.63, 3.8) is 0 Å². The highest BCUT2D eigenvalue weighted by molar-refractivity contribution is 7.56. The van der Waals surface area contributed by atoms with Gasteiger partial charge in [0.25, 0.3) is 8.38 Å². The summed E-state index contributed by atoms with van der Waals surface area (Å²) >= 11 is 0. The van der Waals surface area contributed by atoms with E-state index in [-0.39, 0.29) is 5.75 Å². The Balaban J connectivity index is 2.33. The molecule has 2 N–H and O–H groups in total. The highest BCUT2D eigenvalue weighted by Crippen LogP contribution is 2.47. The average Bonchev–Trinajstić information content (AvgIpc) is 2.29. The van der Waals surface area contributed by atoms with E-state index in [1.165, 1.54) is 0 Å². The highest BCUT2D eigenvalue weighted by Gasteiger charge is 2.27. The van der Waals surface area contributed by atoms with Gasteiger partial charge in [0.15, 0.2) is 0 Å². The molecule has 16 heavy (non-hydrogen) atoms. The third-order valence-electron chi connectivity index (χ3n) is 2.57. The fraction of sp³-hybridized carbons (Fsp3) is 0. The van der Waals surface area contributed by atoms with Crippen molar-refractivity contribution >= 4 is 13.7 Å². The molecule has 1 atom stereocenters. The molecule has 0 saturated heterocycles. The van der Waals surface area contributed by atoms with Crippen LogP contribution in [0.15, 0.2) is 42.5 Å². The first-order valence-corrected chi connectivity index (χ1v) is 6.07. The van der Waals surface area contributed by atoms with Crippen molar-refractivity contribution in [2.24, 2.45) is 0 Å². The number of aromatic hydroxyl groups is 1. The van der Waals surface area contributed by atoms with Gasteiger partial charge in [0.1, 0.15) is 11.5 Å². The summed E-state index contributed by atoms with van der Waals surface area (Å²) in [5, 5.41) is 10.2. The van der Waals surface area contributed by atoms with E-state index in [1.807, 2.05) is 30.3 Å². The number of phenols is 1. The number of para-hydroxylation sites is 1. The smallest absolute Gasteiger partial charge is 0.266 e. The van der Waals surface area contributed by atoms with E-state index in [0.717, 1.165) is 11.1 Å². The Morgan fingerprint density at radius 1 is 0.938 bits per heavy atom. The first kappa shape index (κ1) is 9.64. The lowest BCUT2D eigenvalue weighted by molar-refractivity contribution is 0.469. The highest BCUT2D eigenvalue weighted by atomic mass is 31.2. The molecule has 1 heterocycles. The monoisotopic (exact) mass is 232 g/mol. The van der Waals surface area contributed by atoms with Gasteiger partial charge in [0.2, 0.25) is 0 Å². The molecule has 0 saturated carbocycles. The molecule has 1 aliphatic rings. The summed E-state index contributed by atoms with van der Waals surface area (Å²) in [5.41, 5.74) is 1.75. The van der Waals surface area contributed by atoms with E-state index in [0.29, 0.717) is 11.1 Å². The lowest BCUT2D eigenvalue weighted by atomic mass is 10.0. The van der Waals surface area contributed by atoms with E-state index in [1.54, 1.807) is 12.1 Å². The van der Waals surface area contributed by atoms with Crippen molar-refractivity contribution in [1.29, 1.82) is 0 Å². The predicted octanol–water partition coefficient (Wildman–Crippen LogP) is 2.38. The van der Waals surface area contributed by atoms with Crippen LogP contribution in [0.1, 0.15) is 0 Å². The Labute approximate surface area is 93.9 Å². The molecule has 0 radical (unpaired) electrons. The molecule has 1 aliphatic heterocycles. The van der Waals surface area contributed by atoms with Crippen molar-refractivity contribution in [1.82, 2.24) is 0 Å². The molecule has 0 fully saturated rings. The van der Waals surface area contributed by atoms with Crippen LogP contribution in [0, 0.1) is 0 Å². The van der Waals surface area contributed by atoms with Gasteiger partial charge in [-0.2, -0.15) is 0 Å². The standard InChI is InChI=1S/C12H9O3P/c13-10-6-3-5-9-8-4-1-2-7-11(8)15-16(14)12(9)10/h1-7,13-14H. The lowest BCUT2D eigenvalue weighted by Crippen LogP contribution is -2.13. The van der Waals surface area contributed by atoms with E-state index < -0.39 is 8.38 Å². The van der Waals surface area contributed by atoms with Crippen molar-refractivity contribution in [2.75, 3.05) is 0 Å². The van der Waals surface area contributed by atoms with E-state index >= 15 is 0 Å². The minimum atomic E-state index is -1.76. The van der Waals surface area contributed by atoms with Crippen molar-refractivity contribution in [3.05, 3.63) is 42.5 Å². The molecule has 3 nitrogen and oxygen atoms in total. The van der Waals surface area contributed by atoms with Gasteiger partial charge in [0.05, 0.1) is 5.30 Å². The van der Waals surface area contributed by atoms with Crippen LogP contribution in [0.4, 0.5) is 0 Å².